The molecule has 0 aliphatic heterocycles. The van der Waals surface area contributed by atoms with E-state index < -0.39 is 0 Å². The van der Waals surface area contributed by atoms with E-state index in [2.05, 4.69) is 51.2 Å². The van der Waals surface area contributed by atoms with Crippen molar-refractivity contribution >= 4 is 0 Å². The van der Waals surface area contributed by atoms with Crippen LogP contribution < -0.4 is 5.32 Å². The van der Waals surface area contributed by atoms with Crippen LogP contribution in [0.4, 0.5) is 0 Å². The molecule has 2 rings (SSSR count). The molecular formula is C15H23N. The molecule has 1 aliphatic rings. The second-order valence-corrected chi connectivity index (χ2v) is 5.50. The summed E-state index contributed by atoms with van der Waals surface area (Å²) in [6, 6.07) is 7.35. The maximum absolute atomic E-state index is 3.67. The van der Waals surface area contributed by atoms with Gasteiger partial charge in [0.25, 0.3) is 0 Å². The predicted octanol–water partition coefficient (Wildman–Crippen LogP) is 3.75. The van der Waals surface area contributed by atoms with E-state index in [-0.39, 0.29) is 0 Å². The lowest BCUT2D eigenvalue weighted by Gasteiger charge is -2.27. The van der Waals surface area contributed by atoms with Gasteiger partial charge in [-0.15, -0.1) is 0 Å². The Bertz CT molecular complexity index is 377. The highest BCUT2D eigenvalue weighted by Gasteiger charge is 2.45. The van der Waals surface area contributed by atoms with Crippen LogP contribution in [-0.2, 0) is 0 Å². The maximum Gasteiger partial charge on any atom is 0.0377 e. The lowest BCUT2D eigenvalue weighted by Crippen LogP contribution is -2.28. The molecule has 1 heteroatoms. The van der Waals surface area contributed by atoms with Gasteiger partial charge in [-0.1, -0.05) is 37.6 Å². The number of hydrogen-bond acceptors (Lipinski definition) is 1. The molecule has 1 fully saturated rings. The van der Waals surface area contributed by atoms with Gasteiger partial charge in [0.1, 0.15) is 0 Å². The summed E-state index contributed by atoms with van der Waals surface area (Å²) in [5, 5.41) is 3.67. The molecule has 1 N–H and O–H groups in total. The monoisotopic (exact) mass is 217 g/mol. The first-order chi connectivity index (χ1) is 7.57. The third-order valence-electron chi connectivity index (χ3n) is 3.89. The summed E-state index contributed by atoms with van der Waals surface area (Å²) in [4.78, 5) is 0. The van der Waals surface area contributed by atoms with Crippen LogP contribution in [0.25, 0.3) is 0 Å². The summed E-state index contributed by atoms with van der Waals surface area (Å²) < 4.78 is 0. The summed E-state index contributed by atoms with van der Waals surface area (Å²) in [5.41, 5.74) is 4.79. The molecule has 1 aliphatic carbocycles. The average Bonchev–Trinajstić information content (AvgIpc) is 2.98. The fraction of sp³-hybridized carbons (Fsp3) is 0.600. The molecular weight excluding hydrogens is 194 g/mol. The largest absolute Gasteiger partial charge is 0.310 e. The van der Waals surface area contributed by atoms with Gasteiger partial charge in [0, 0.05) is 6.04 Å². The summed E-state index contributed by atoms with van der Waals surface area (Å²) in [7, 11) is 0. The van der Waals surface area contributed by atoms with E-state index >= 15 is 0 Å². The molecule has 88 valence electrons. The zero-order valence-corrected chi connectivity index (χ0v) is 10.9. The molecule has 1 saturated carbocycles. The third kappa shape index (κ3) is 2.15. The minimum absolute atomic E-state index is 0.495. The van der Waals surface area contributed by atoms with Crippen LogP contribution in [0.5, 0.6) is 0 Å². The lowest BCUT2D eigenvalue weighted by atomic mass is 9.88. The minimum atomic E-state index is 0.495. The summed E-state index contributed by atoms with van der Waals surface area (Å²) in [6.07, 6.45) is 2.72. The summed E-state index contributed by atoms with van der Waals surface area (Å²) >= 11 is 0. The van der Waals surface area contributed by atoms with Crippen molar-refractivity contribution in [1.82, 2.24) is 5.32 Å². The highest BCUT2D eigenvalue weighted by molar-refractivity contribution is 5.35. The predicted molar refractivity (Wildman–Crippen MR) is 69.7 cm³/mol. The van der Waals surface area contributed by atoms with Crippen molar-refractivity contribution in [3.63, 3.8) is 0 Å². The molecule has 0 spiro atoms. The first-order valence-corrected chi connectivity index (χ1v) is 6.37. The van der Waals surface area contributed by atoms with Gasteiger partial charge in [-0.2, -0.15) is 0 Å². The second kappa shape index (κ2) is 4.21. The van der Waals surface area contributed by atoms with E-state index in [1.165, 1.54) is 29.5 Å². The molecule has 16 heavy (non-hydrogen) atoms. The second-order valence-electron chi connectivity index (χ2n) is 5.50. The van der Waals surface area contributed by atoms with Crippen LogP contribution in [0.2, 0.25) is 0 Å². The highest BCUT2D eigenvalue weighted by atomic mass is 14.9. The number of aryl methyl sites for hydroxylation is 2. The molecule has 0 bridgehead atoms. The summed E-state index contributed by atoms with van der Waals surface area (Å²) in [5.74, 6) is 0. The van der Waals surface area contributed by atoms with Gasteiger partial charge in [-0.05, 0) is 49.8 Å². The van der Waals surface area contributed by atoms with Gasteiger partial charge >= 0.3 is 0 Å². The lowest BCUT2D eigenvalue weighted by molar-refractivity contribution is 0.372. The zero-order valence-electron chi connectivity index (χ0n) is 10.9. The molecule has 0 heterocycles. The minimum Gasteiger partial charge on any atom is -0.310 e. The van der Waals surface area contributed by atoms with Crippen LogP contribution in [0.15, 0.2) is 18.2 Å². The third-order valence-corrected chi connectivity index (χ3v) is 3.89. The summed E-state index contributed by atoms with van der Waals surface area (Å²) in [6.45, 7) is 10.1. The van der Waals surface area contributed by atoms with Crippen molar-refractivity contribution in [2.24, 2.45) is 5.41 Å². The van der Waals surface area contributed by atoms with Crippen molar-refractivity contribution in [2.45, 2.75) is 46.6 Å². The first kappa shape index (κ1) is 11.7. The van der Waals surface area contributed by atoms with Gasteiger partial charge in [0.2, 0.25) is 0 Å². The van der Waals surface area contributed by atoms with E-state index in [9.17, 15) is 0 Å². The smallest absolute Gasteiger partial charge is 0.0377 e. The average molecular weight is 217 g/mol. The van der Waals surface area contributed by atoms with E-state index in [4.69, 9.17) is 0 Å². The maximum atomic E-state index is 3.67. The number of nitrogens with one attached hydrogen (secondary N) is 1. The van der Waals surface area contributed by atoms with Gasteiger partial charge in [0.05, 0.1) is 0 Å². The Morgan fingerprint density at radius 1 is 1.31 bits per heavy atom. The SMILES string of the molecule is CCNC(c1cc(C)ccc1C)C1(C)CC1. The molecule has 0 saturated heterocycles. The van der Waals surface area contributed by atoms with Crippen LogP contribution in [0.1, 0.15) is 49.4 Å². The van der Waals surface area contributed by atoms with Gasteiger partial charge < -0.3 is 5.32 Å². The van der Waals surface area contributed by atoms with Crippen LogP contribution in [0.3, 0.4) is 0 Å². The fourth-order valence-corrected chi connectivity index (χ4v) is 2.49. The van der Waals surface area contributed by atoms with Gasteiger partial charge in [0.15, 0.2) is 0 Å². The van der Waals surface area contributed by atoms with Crippen molar-refractivity contribution in [3.05, 3.63) is 34.9 Å². The zero-order chi connectivity index (χ0) is 11.8. The quantitative estimate of drug-likeness (QED) is 0.810. The van der Waals surface area contributed by atoms with E-state index in [0.29, 0.717) is 11.5 Å². The van der Waals surface area contributed by atoms with Crippen molar-refractivity contribution in [2.75, 3.05) is 6.54 Å². The highest BCUT2D eigenvalue weighted by Crippen LogP contribution is 2.54. The molecule has 0 aromatic heterocycles. The van der Waals surface area contributed by atoms with Gasteiger partial charge in [-0.25, -0.2) is 0 Å². The molecule has 1 aromatic carbocycles. The molecule has 1 atom stereocenters. The van der Waals surface area contributed by atoms with E-state index in [1.807, 2.05) is 0 Å². The fourth-order valence-electron chi connectivity index (χ4n) is 2.49. The van der Waals surface area contributed by atoms with Crippen LogP contribution in [0, 0.1) is 19.3 Å². The molecule has 1 aromatic rings. The van der Waals surface area contributed by atoms with Crippen LogP contribution in [-0.4, -0.2) is 6.54 Å². The Kier molecular flexibility index (Phi) is 3.07. The Balaban J connectivity index is 2.34. The molecule has 1 nitrogen and oxygen atoms in total. The normalized spacial score (nSPS) is 19.5. The number of hydrogen-bond donors (Lipinski definition) is 1. The topological polar surface area (TPSA) is 12.0 Å². The molecule has 1 unspecified atom stereocenters. The Morgan fingerprint density at radius 3 is 2.56 bits per heavy atom. The first-order valence-electron chi connectivity index (χ1n) is 6.37. The van der Waals surface area contributed by atoms with Crippen LogP contribution >= 0.6 is 0 Å². The Labute approximate surface area is 99.3 Å². The molecule has 0 amide bonds. The standard InChI is InChI=1S/C15H23N/c1-5-16-14(15(4)8-9-15)13-10-11(2)6-7-12(13)3/h6-7,10,14,16H,5,8-9H2,1-4H3. The number of benzene rings is 1. The number of rotatable bonds is 4. The Hall–Kier alpha value is -0.820. The molecule has 0 radical (unpaired) electrons. The van der Waals surface area contributed by atoms with E-state index in [1.54, 1.807) is 0 Å². The van der Waals surface area contributed by atoms with Crippen molar-refractivity contribution in [3.8, 4) is 0 Å². The van der Waals surface area contributed by atoms with Crippen molar-refractivity contribution in [1.29, 1.82) is 0 Å². The van der Waals surface area contributed by atoms with Gasteiger partial charge in [-0.3, -0.25) is 0 Å². The van der Waals surface area contributed by atoms with Crippen molar-refractivity contribution < 1.29 is 0 Å². The van der Waals surface area contributed by atoms with E-state index in [0.717, 1.165) is 6.54 Å². The Morgan fingerprint density at radius 2 is 2.00 bits per heavy atom.